The third-order valence-corrected chi connectivity index (χ3v) is 2.36. The minimum Gasteiger partial charge on any atom is -0.478 e. The number of primary amides is 1. The van der Waals surface area contributed by atoms with Crippen LogP contribution in [0.1, 0.15) is 15.9 Å². The zero-order chi connectivity index (χ0) is 15.1. The molecule has 3 amide bonds. The smallest absolute Gasteiger partial charge is 0.404 e. The normalized spacial score (nSPS) is 9.65. The van der Waals surface area contributed by atoms with Gasteiger partial charge in [-0.1, -0.05) is 6.07 Å². The maximum Gasteiger partial charge on any atom is 0.404 e. The van der Waals surface area contributed by atoms with E-state index in [2.05, 4.69) is 15.4 Å². The van der Waals surface area contributed by atoms with E-state index in [1.807, 2.05) is 0 Å². The highest BCUT2D eigenvalue weighted by Gasteiger charge is 2.08. The maximum atomic E-state index is 11.5. The number of nitrogens with one attached hydrogen (secondary N) is 2. The van der Waals surface area contributed by atoms with Crippen molar-refractivity contribution in [3.8, 4) is 0 Å². The average molecular weight is 281 g/mol. The third-order valence-electron chi connectivity index (χ3n) is 2.36. The van der Waals surface area contributed by atoms with Gasteiger partial charge in [0, 0.05) is 5.69 Å². The van der Waals surface area contributed by atoms with Crippen molar-refractivity contribution in [2.24, 2.45) is 5.73 Å². The van der Waals surface area contributed by atoms with Gasteiger partial charge in [-0.15, -0.1) is 0 Å². The van der Waals surface area contributed by atoms with Crippen molar-refractivity contribution < 1.29 is 24.2 Å². The van der Waals surface area contributed by atoms with Crippen LogP contribution in [0.15, 0.2) is 18.2 Å². The lowest BCUT2D eigenvalue weighted by atomic mass is 10.1. The monoisotopic (exact) mass is 281 g/mol. The van der Waals surface area contributed by atoms with E-state index in [4.69, 9.17) is 10.8 Å². The molecule has 108 valence electrons. The molecule has 0 fully saturated rings. The third kappa shape index (κ3) is 4.84. The number of hydrogen-bond donors (Lipinski definition) is 4. The van der Waals surface area contributed by atoms with Crippen molar-refractivity contribution in [2.45, 2.75) is 6.92 Å². The summed E-state index contributed by atoms with van der Waals surface area (Å²) in [7, 11) is 0. The molecule has 0 aromatic heterocycles. The lowest BCUT2D eigenvalue weighted by molar-refractivity contribution is 0.0697. The predicted molar refractivity (Wildman–Crippen MR) is 70.7 cm³/mol. The number of urea groups is 1. The fraction of sp³-hybridized carbons (Fsp3) is 0.250. The molecule has 0 saturated carbocycles. The van der Waals surface area contributed by atoms with Crippen LogP contribution in [-0.2, 0) is 4.74 Å². The van der Waals surface area contributed by atoms with Crippen LogP contribution >= 0.6 is 0 Å². The number of aryl methyl sites for hydroxylation is 1. The van der Waals surface area contributed by atoms with Gasteiger partial charge in [-0.3, -0.25) is 0 Å². The highest BCUT2D eigenvalue weighted by Crippen LogP contribution is 2.16. The fourth-order valence-electron chi connectivity index (χ4n) is 1.37. The summed E-state index contributed by atoms with van der Waals surface area (Å²) >= 11 is 0. The van der Waals surface area contributed by atoms with Gasteiger partial charge in [0.25, 0.3) is 0 Å². The van der Waals surface area contributed by atoms with E-state index in [9.17, 15) is 14.4 Å². The van der Waals surface area contributed by atoms with Crippen molar-refractivity contribution in [1.82, 2.24) is 5.32 Å². The minimum atomic E-state index is -1.08. The molecule has 8 nitrogen and oxygen atoms in total. The number of nitrogens with two attached hydrogens (primary N) is 1. The number of carboxylic acids is 1. The molecule has 1 rings (SSSR count). The highest BCUT2D eigenvalue weighted by molar-refractivity contribution is 5.93. The Labute approximate surface area is 114 Å². The van der Waals surface area contributed by atoms with Crippen LogP contribution in [0.4, 0.5) is 15.3 Å². The van der Waals surface area contributed by atoms with Gasteiger partial charge in [-0.05, 0) is 24.6 Å². The van der Waals surface area contributed by atoms with Gasteiger partial charge in [0.1, 0.15) is 6.61 Å². The van der Waals surface area contributed by atoms with Crippen molar-refractivity contribution >= 4 is 23.8 Å². The number of hydrogen-bond acceptors (Lipinski definition) is 4. The van der Waals surface area contributed by atoms with Gasteiger partial charge < -0.3 is 26.2 Å². The summed E-state index contributed by atoms with van der Waals surface area (Å²) < 4.78 is 4.44. The maximum absolute atomic E-state index is 11.5. The van der Waals surface area contributed by atoms with E-state index in [1.54, 1.807) is 13.0 Å². The first kappa shape index (κ1) is 15.3. The van der Waals surface area contributed by atoms with Crippen molar-refractivity contribution in [2.75, 3.05) is 18.5 Å². The Morgan fingerprint density at radius 2 is 2.05 bits per heavy atom. The van der Waals surface area contributed by atoms with E-state index in [-0.39, 0.29) is 18.7 Å². The van der Waals surface area contributed by atoms with Crippen molar-refractivity contribution in [3.63, 3.8) is 0 Å². The van der Waals surface area contributed by atoms with E-state index >= 15 is 0 Å². The standard InChI is InChI=1S/C12H15N3O5/c1-7-2-3-8(10(16)17)6-9(7)15-12(19)14-4-5-20-11(13)18/h2-3,6H,4-5H2,1H3,(H2,13,18)(H,16,17)(H2,14,15,19). The molecular weight excluding hydrogens is 266 g/mol. The lowest BCUT2D eigenvalue weighted by Crippen LogP contribution is -2.32. The number of ether oxygens (including phenoxy) is 1. The molecule has 0 bridgehead atoms. The number of carbonyl (C=O) groups excluding carboxylic acids is 2. The molecule has 1 aromatic rings. The molecule has 0 aliphatic rings. The summed E-state index contributed by atoms with van der Waals surface area (Å²) in [5, 5.41) is 13.8. The van der Waals surface area contributed by atoms with Gasteiger partial charge in [-0.2, -0.15) is 0 Å². The van der Waals surface area contributed by atoms with Gasteiger partial charge in [-0.25, -0.2) is 14.4 Å². The van der Waals surface area contributed by atoms with E-state index in [0.29, 0.717) is 5.69 Å². The van der Waals surface area contributed by atoms with E-state index in [1.165, 1.54) is 12.1 Å². The SMILES string of the molecule is Cc1ccc(C(=O)O)cc1NC(=O)NCCOC(N)=O. The molecule has 0 heterocycles. The molecule has 5 N–H and O–H groups in total. The van der Waals surface area contributed by atoms with Crippen LogP contribution in [0, 0.1) is 6.92 Å². The Bertz CT molecular complexity index is 530. The minimum absolute atomic E-state index is 0.0447. The molecule has 0 atom stereocenters. The van der Waals surface area contributed by atoms with Gasteiger partial charge >= 0.3 is 18.1 Å². The van der Waals surface area contributed by atoms with E-state index in [0.717, 1.165) is 5.56 Å². The van der Waals surface area contributed by atoms with Gasteiger partial charge in [0.2, 0.25) is 0 Å². The van der Waals surface area contributed by atoms with E-state index < -0.39 is 18.1 Å². The lowest BCUT2D eigenvalue weighted by Gasteiger charge is -2.10. The molecule has 0 unspecified atom stereocenters. The molecular formula is C12H15N3O5. The molecule has 0 aliphatic carbocycles. The van der Waals surface area contributed by atoms with Gasteiger partial charge in [0.15, 0.2) is 0 Å². The molecule has 8 heteroatoms. The largest absolute Gasteiger partial charge is 0.478 e. The fourth-order valence-corrected chi connectivity index (χ4v) is 1.37. The number of rotatable bonds is 5. The zero-order valence-corrected chi connectivity index (χ0v) is 10.8. The second kappa shape index (κ2) is 6.98. The number of carboxylic acid groups (broad SMARTS) is 1. The predicted octanol–water partition coefficient (Wildman–Crippen LogP) is 0.910. The summed E-state index contributed by atoms with van der Waals surface area (Å²) in [5.74, 6) is -1.08. The second-order valence-electron chi connectivity index (χ2n) is 3.88. The van der Waals surface area contributed by atoms with Crippen LogP contribution in [-0.4, -0.2) is 36.4 Å². The Balaban J connectivity index is 2.55. The van der Waals surface area contributed by atoms with Crippen LogP contribution in [0.2, 0.25) is 0 Å². The molecule has 0 saturated heterocycles. The first-order valence-corrected chi connectivity index (χ1v) is 5.71. The number of anilines is 1. The van der Waals surface area contributed by atoms with Crippen LogP contribution in [0.5, 0.6) is 0 Å². The van der Waals surface area contributed by atoms with Gasteiger partial charge in [0.05, 0.1) is 12.1 Å². The summed E-state index contributed by atoms with van der Waals surface area (Å²) in [4.78, 5) is 32.7. The number of aromatic carboxylic acids is 1. The summed E-state index contributed by atoms with van der Waals surface area (Å²) in [6, 6.07) is 3.86. The molecule has 0 aliphatic heterocycles. The number of amides is 3. The highest BCUT2D eigenvalue weighted by atomic mass is 16.5. The molecule has 1 aromatic carbocycles. The number of benzene rings is 1. The number of carbonyl (C=O) groups is 3. The Morgan fingerprint density at radius 1 is 1.35 bits per heavy atom. The molecule has 0 spiro atoms. The first-order valence-electron chi connectivity index (χ1n) is 5.71. The Hall–Kier alpha value is -2.77. The van der Waals surface area contributed by atoms with Crippen molar-refractivity contribution in [3.05, 3.63) is 29.3 Å². The topological polar surface area (TPSA) is 131 Å². The summed E-state index contributed by atoms with van der Waals surface area (Å²) in [6.07, 6.45) is -0.919. The summed E-state index contributed by atoms with van der Waals surface area (Å²) in [6.45, 7) is 1.78. The summed E-state index contributed by atoms with van der Waals surface area (Å²) in [5.41, 5.74) is 5.93. The average Bonchev–Trinajstić information content (AvgIpc) is 2.37. The Kier molecular flexibility index (Phi) is 5.33. The second-order valence-corrected chi connectivity index (χ2v) is 3.88. The first-order chi connectivity index (χ1) is 9.40. The molecule has 0 radical (unpaired) electrons. The van der Waals surface area contributed by atoms with Crippen molar-refractivity contribution in [1.29, 1.82) is 0 Å². The quantitative estimate of drug-likeness (QED) is 0.596. The van der Waals surface area contributed by atoms with Crippen LogP contribution in [0.3, 0.4) is 0 Å². The van der Waals surface area contributed by atoms with Crippen LogP contribution < -0.4 is 16.4 Å². The Morgan fingerprint density at radius 3 is 2.65 bits per heavy atom. The molecule has 20 heavy (non-hydrogen) atoms. The zero-order valence-electron chi connectivity index (χ0n) is 10.8. The van der Waals surface area contributed by atoms with Crippen LogP contribution in [0.25, 0.3) is 0 Å².